The van der Waals surface area contributed by atoms with Gasteiger partial charge in [-0.2, -0.15) is 5.10 Å². The van der Waals surface area contributed by atoms with Crippen molar-refractivity contribution in [3.8, 4) is 5.75 Å². The summed E-state index contributed by atoms with van der Waals surface area (Å²) in [6, 6.07) is 12.4. The molecule has 6 nitrogen and oxygen atoms in total. The quantitative estimate of drug-likeness (QED) is 0.431. The van der Waals surface area contributed by atoms with Crippen molar-refractivity contribution < 1.29 is 14.3 Å². The highest BCUT2D eigenvalue weighted by molar-refractivity contribution is 6.39. The standard InChI is InChI=1S/C20H22ClN3O3/c1-3-11-27-18-10-9-16(21)12-15(18)13-22-24-20(26)19(25)23-17-8-6-5-7-14(17)4-2/h5-10,12-13H,3-4,11H2,1-2H3,(H,23,25)(H,24,26)/b22-13-. The van der Waals surface area contributed by atoms with E-state index in [2.05, 4.69) is 15.8 Å². The zero-order chi connectivity index (χ0) is 19.6. The first-order chi connectivity index (χ1) is 13.0. The molecule has 0 spiro atoms. The Balaban J connectivity index is 2.00. The minimum absolute atomic E-state index is 0.514. The molecular formula is C20H22ClN3O3. The van der Waals surface area contributed by atoms with Crippen molar-refractivity contribution in [2.24, 2.45) is 5.10 Å². The van der Waals surface area contributed by atoms with Crippen LogP contribution >= 0.6 is 11.6 Å². The van der Waals surface area contributed by atoms with Crippen molar-refractivity contribution in [1.29, 1.82) is 0 Å². The summed E-state index contributed by atoms with van der Waals surface area (Å²) >= 11 is 5.99. The molecule has 0 heterocycles. The fourth-order valence-electron chi connectivity index (χ4n) is 2.30. The van der Waals surface area contributed by atoms with E-state index in [0.29, 0.717) is 28.6 Å². The van der Waals surface area contributed by atoms with Crippen LogP contribution in [0, 0.1) is 0 Å². The number of amides is 2. The summed E-state index contributed by atoms with van der Waals surface area (Å²) in [7, 11) is 0. The van der Waals surface area contributed by atoms with Crippen molar-refractivity contribution in [1.82, 2.24) is 5.43 Å². The van der Waals surface area contributed by atoms with Gasteiger partial charge < -0.3 is 10.1 Å². The van der Waals surface area contributed by atoms with Gasteiger partial charge in [0.2, 0.25) is 0 Å². The van der Waals surface area contributed by atoms with Crippen molar-refractivity contribution in [3.63, 3.8) is 0 Å². The number of nitrogens with one attached hydrogen (secondary N) is 2. The zero-order valence-electron chi connectivity index (χ0n) is 15.3. The molecule has 0 saturated carbocycles. The SMILES string of the molecule is CCCOc1ccc(Cl)cc1/C=N\NC(=O)C(=O)Nc1ccccc1CC. The first-order valence-corrected chi connectivity index (χ1v) is 9.07. The molecule has 2 aromatic carbocycles. The molecule has 2 N–H and O–H groups in total. The predicted octanol–water partition coefficient (Wildman–Crippen LogP) is 3.78. The molecule has 142 valence electrons. The summed E-state index contributed by atoms with van der Waals surface area (Å²) in [5.41, 5.74) is 4.36. The minimum Gasteiger partial charge on any atom is -0.493 e. The van der Waals surface area contributed by atoms with Gasteiger partial charge in [0.25, 0.3) is 0 Å². The van der Waals surface area contributed by atoms with Gasteiger partial charge in [0.1, 0.15) is 5.75 Å². The summed E-state index contributed by atoms with van der Waals surface area (Å²) in [6.07, 6.45) is 2.99. The van der Waals surface area contributed by atoms with Crippen LogP contribution in [0.5, 0.6) is 5.75 Å². The number of rotatable bonds is 7. The van der Waals surface area contributed by atoms with Crippen molar-refractivity contribution >= 4 is 35.3 Å². The lowest BCUT2D eigenvalue weighted by Gasteiger charge is -2.09. The lowest BCUT2D eigenvalue weighted by Crippen LogP contribution is -2.32. The van der Waals surface area contributed by atoms with Gasteiger partial charge >= 0.3 is 11.8 Å². The van der Waals surface area contributed by atoms with Gasteiger partial charge in [-0.1, -0.05) is 43.6 Å². The number of nitrogens with zero attached hydrogens (tertiary/aromatic N) is 1. The van der Waals surface area contributed by atoms with Crippen LogP contribution in [0.25, 0.3) is 0 Å². The van der Waals surface area contributed by atoms with Gasteiger partial charge in [0, 0.05) is 16.3 Å². The summed E-state index contributed by atoms with van der Waals surface area (Å²) in [4.78, 5) is 24.0. The number of carbonyl (C=O) groups is 2. The highest BCUT2D eigenvalue weighted by Gasteiger charge is 2.14. The maximum Gasteiger partial charge on any atom is 0.329 e. The molecule has 0 fully saturated rings. The average molecular weight is 388 g/mol. The second kappa shape index (κ2) is 10.3. The van der Waals surface area contributed by atoms with E-state index in [1.165, 1.54) is 6.21 Å². The maximum atomic E-state index is 12.0. The Morgan fingerprint density at radius 2 is 1.93 bits per heavy atom. The fourth-order valence-corrected chi connectivity index (χ4v) is 2.49. The third kappa shape index (κ3) is 6.11. The molecule has 27 heavy (non-hydrogen) atoms. The monoisotopic (exact) mass is 387 g/mol. The Kier molecular flexibility index (Phi) is 7.82. The maximum absolute atomic E-state index is 12.0. The molecule has 0 aliphatic carbocycles. The van der Waals surface area contributed by atoms with E-state index in [-0.39, 0.29) is 0 Å². The van der Waals surface area contributed by atoms with E-state index in [4.69, 9.17) is 16.3 Å². The Bertz CT molecular complexity index is 837. The molecular weight excluding hydrogens is 366 g/mol. The Labute approximate surface area is 163 Å². The molecule has 2 aromatic rings. The normalized spacial score (nSPS) is 10.6. The smallest absolute Gasteiger partial charge is 0.329 e. The van der Waals surface area contributed by atoms with Crippen LogP contribution in [0.4, 0.5) is 5.69 Å². The van der Waals surface area contributed by atoms with Crippen molar-refractivity contribution in [2.45, 2.75) is 26.7 Å². The van der Waals surface area contributed by atoms with Gasteiger partial charge in [-0.25, -0.2) is 5.43 Å². The van der Waals surface area contributed by atoms with E-state index >= 15 is 0 Å². The average Bonchev–Trinajstić information content (AvgIpc) is 2.67. The van der Waals surface area contributed by atoms with Crippen molar-refractivity contribution in [2.75, 3.05) is 11.9 Å². The number of anilines is 1. The molecule has 0 radical (unpaired) electrons. The van der Waals surface area contributed by atoms with Gasteiger partial charge in [-0.3, -0.25) is 9.59 Å². The van der Waals surface area contributed by atoms with Crippen LogP contribution in [-0.2, 0) is 16.0 Å². The number of para-hydroxylation sites is 1. The summed E-state index contributed by atoms with van der Waals surface area (Å²) in [5.74, 6) is -1.06. The number of ether oxygens (including phenoxy) is 1. The molecule has 0 bridgehead atoms. The molecule has 7 heteroatoms. The van der Waals surface area contributed by atoms with Crippen molar-refractivity contribution in [3.05, 3.63) is 58.6 Å². The Morgan fingerprint density at radius 3 is 2.67 bits per heavy atom. The van der Waals surface area contributed by atoms with E-state index in [1.807, 2.05) is 26.0 Å². The number of benzene rings is 2. The zero-order valence-corrected chi connectivity index (χ0v) is 16.0. The highest BCUT2D eigenvalue weighted by atomic mass is 35.5. The number of aryl methyl sites for hydroxylation is 1. The van der Waals surface area contributed by atoms with Crippen LogP contribution in [0.1, 0.15) is 31.4 Å². The highest BCUT2D eigenvalue weighted by Crippen LogP contribution is 2.21. The molecule has 0 aromatic heterocycles. The predicted molar refractivity (Wildman–Crippen MR) is 107 cm³/mol. The van der Waals surface area contributed by atoms with E-state index < -0.39 is 11.8 Å². The number of halogens is 1. The van der Waals surface area contributed by atoms with Crippen LogP contribution in [0.3, 0.4) is 0 Å². The molecule has 0 unspecified atom stereocenters. The summed E-state index contributed by atoms with van der Waals surface area (Å²) in [5, 5.41) is 6.93. The van der Waals surface area contributed by atoms with Crippen LogP contribution in [0.15, 0.2) is 47.6 Å². The number of carbonyl (C=O) groups excluding carboxylic acids is 2. The third-order valence-electron chi connectivity index (χ3n) is 3.66. The third-order valence-corrected chi connectivity index (χ3v) is 3.89. The topological polar surface area (TPSA) is 79.8 Å². The first kappa shape index (κ1) is 20.5. The van der Waals surface area contributed by atoms with Crippen LogP contribution in [-0.4, -0.2) is 24.6 Å². The van der Waals surface area contributed by atoms with E-state index in [9.17, 15) is 9.59 Å². The molecule has 0 atom stereocenters. The van der Waals surface area contributed by atoms with Gasteiger partial charge in [0.05, 0.1) is 12.8 Å². The van der Waals surface area contributed by atoms with Gasteiger partial charge in [-0.05, 0) is 42.7 Å². The second-order valence-electron chi connectivity index (χ2n) is 5.69. The Morgan fingerprint density at radius 1 is 1.15 bits per heavy atom. The first-order valence-electron chi connectivity index (χ1n) is 8.69. The van der Waals surface area contributed by atoms with Crippen LogP contribution < -0.4 is 15.5 Å². The van der Waals surface area contributed by atoms with E-state index in [0.717, 1.165) is 18.4 Å². The fraction of sp³-hybridized carbons (Fsp3) is 0.250. The second-order valence-corrected chi connectivity index (χ2v) is 6.13. The summed E-state index contributed by atoms with van der Waals surface area (Å²) < 4.78 is 5.61. The minimum atomic E-state index is -0.866. The number of hydrogen-bond donors (Lipinski definition) is 2. The Hall–Kier alpha value is -2.86. The molecule has 0 aliphatic rings. The van der Waals surface area contributed by atoms with E-state index in [1.54, 1.807) is 30.3 Å². The molecule has 0 aliphatic heterocycles. The lowest BCUT2D eigenvalue weighted by molar-refractivity contribution is -0.136. The number of hydrazone groups is 1. The number of hydrogen-bond acceptors (Lipinski definition) is 4. The van der Waals surface area contributed by atoms with Gasteiger partial charge in [0.15, 0.2) is 0 Å². The van der Waals surface area contributed by atoms with Gasteiger partial charge in [-0.15, -0.1) is 0 Å². The summed E-state index contributed by atoms with van der Waals surface area (Å²) in [6.45, 7) is 4.52. The lowest BCUT2D eigenvalue weighted by atomic mass is 10.1. The molecule has 2 rings (SSSR count). The molecule has 0 saturated heterocycles. The largest absolute Gasteiger partial charge is 0.493 e. The molecule has 2 amide bonds. The van der Waals surface area contributed by atoms with Crippen LogP contribution in [0.2, 0.25) is 5.02 Å².